The van der Waals surface area contributed by atoms with E-state index in [-0.39, 0.29) is 6.61 Å². The number of hydrogen-bond donors (Lipinski definition) is 1. The molecule has 1 N–H and O–H groups in total. The Labute approximate surface area is 116 Å². The van der Waals surface area contributed by atoms with Gasteiger partial charge in [-0.3, -0.25) is 0 Å². The van der Waals surface area contributed by atoms with Gasteiger partial charge in [-0.25, -0.2) is 0 Å². The van der Waals surface area contributed by atoms with Gasteiger partial charge in [-0.15, -0.1) is 0 Å². The second kappa shape index (κ2) is 6.92. The molecular weight excluding hydrogens is 236 g/mol. The minimum atomic E-state index is 0.266. The molecule has 3 heteroatoms. The van der Waals surface area contributed by atoms with E-state index in [0.29, 0.717) is 6.04 Å². The topological polar surface area (TPSA) is 26.7 Å². The Balaban J connectivity index is 2.17. The Morgan fingerprint density at radius 2 is 1.95 bits per heavy atom. The number of aliphatic hydroxyl groups is 1. The molecule has 0 saturated carbocycles. The molecule has 1 heterocycles. The summed E-state index contributed by atoms with van der Waals surface area (Å²) in [7, 11) is 2.17. The maximum absolute atomic E-state index is 9.30. The first-order chi connectivity index (χ1) is 9.24. The second-order valence-electron chi connectivity index (χ2n) is 5.50. The molecule has 0 radical (unpaired) electrons. The van der Waals surface area contributed by atoms with Gasteiger partial charge < -0.3 is 14.9 Å². The molecule has 0 amide bonds. The minimum Gasteiger partial charge on any atom is -0.396 e. The van der Waals surface area contributed by atoms with Crippen molar-refractivity contribution in [3.8, 4) is 0 Å². The first-order valence-corrected chi connectivity index (χ1v) is 7.39. The minimum absolute atomic E-state index is 0.266. The van der Waals surface area contributed by atoms with E-state index in [1.54, 1.807) is 0 Å². The third-order valence-corrected chi connectivity index (χ3v) is 4.04. The van der Waals surface area contributed by atoms with Crippen LogP contribution in [0, 0.1) is 0 Å². The lowest BCUT2D eigenvalue weighted by atomic mass is 10.1. The number of aliphatic hydroxyl groups excluding tert-OH is 1. The molecule has 1 aliphatic heterocycles. The summed E-state index contributed by atoms with van der Waals surface area (Å²) in [5.74, 6) is 0. The highest BCUT2D eigenvalue weighted by atomic mass is 16.3. The lowest BCUT2D eigenvalue weighted by molar-refractivity contribution is 0.253. The highest BCUT2D eigenvalue weighted by molar-refractivity contribution is 5.49. The molecule has 106 valence electrons. The molecule has 0 bridgehead atoms. The van der Waals surface area contributed by atoms with E-state index in [4.69, 9.17) is 0 Å². The highest BCUT2D eigenvalue weighted by Gasteiger charge is 2.23. The summed E-state index contributed by atoms with van der Waals surface area (Å²) in [5.41, 5.74) is 2.68. The average Bonchev–Trinajstić information content (AvgIpc) is 2.61. The van der Waals surface area contributed by atoms with Crippen LogP contribution in [0.1, 0.15) is 25.3 Å². The number of hydrogen-bond acceptors (Lipinski definition) is 3. The van der Waals surface area contributed by atoms with Gasteiger partial charge in [0.15, 0.2) is 0 Å². The predicted octanol–water partition coefficient (Wildman–Crippen LogP) is 2.14. The fourth-order valence-electron chi connectivity index (χ4n) is 2.90. The highest BCUT2D eigenvalue weighted by Crippen LogP contribution is 2.22. The maximum Gasteiger partial charge on any atom is 0.0451 e. The SMILES string of the molecule is CCc1ccc(N2CCCN(C)CC2CCO)cc1. The Bertz CT molecular complexity index is 377. The number of aryl methyl sites for hydroxylation is 1. The van der Waals surface area contributed by atoms with E-state index >= 15 is 0 Å². The van der Waals surface area contributed by atoms with Crippen LogP contribution in [0.3, 0.4) is 0 Å². The number of nitrogens with zero attached hydrogens (tertiary/aromatic N) is 2. The zero-order chi connectivity index (χ0) is 13.7. The summed E-state index contributed by atoms with van der Waals surface area (Å²) in [5, 5.41) is 9.30. The van der Waals surface area contributed by atoms with Crippen molar-refractivity contribution in [3.63, 3.8) is 0 Å². The van der Waals surface area contributed by atoms with Crippen molar-refractivity contribution in [2.45, 2.75) is 32.2 Å². The Morgan fingerprint density at radius 3 is 2.58 bits per heavy atom. The standard InChI is InChI=1S/C16H26N2O/c1-3-14-5-7-15(8-6-14)18-11-4-10-17(2)13-16(18)9-12-19/h5-8,16,19H,3-4,9-13H2,1-2H3. The number of anilines is 1. The monoisotopic (exact) mass is 262 g/mol. The van der Waals surface area contributed by atoms with E-state index < -0.39 is 0 Å². The quantitative estimate of drug-likeness (QED) is 0.900. The largest absolute Gasteiger partial charge is 0.396 e. The number of likely N-dealkylation sites (N-methyl/N-ethyl adjacent to an activating group) is 1. The van der Waals surface area contributed by atoms with E-state index in [2.05, 4.69) is 48.0 Å². The Hall–Kier alpha value is -1.06. The van der Waals surface area contributed by atoms with Crippen LogP contribution in [0.25, 0.3) is 0 Å². The van der Waals surface area contributed by atoms with Crippen LogP contribution in [0.5, 0.6) is 0 Å². The Morgan fingerprint density at radius 1 is 1.21 bits per heavy atom. The van der Waals surface area contributed by atoms with Crippen molar-refractivity contribution in [1.29, 1.82) is 0 Å². The molecule has 1 unspecified atom stereocenters. The molecule has 0 aliphatic carbocycles. The van der Waals surface area contributed by atoms with Crippen LogP contribution in [-0.4, -0.2) is 49.3 Å². The molecule has 1 aromatic rings. The normalized spacial score (nSPS) is 21.4. The molecule has 1 atom stereocenters. The lowest BCUT2D eigenvalue weighted by Gasteiger charge is -2.32. The third-order valence-electron chi connectivity index (χ3n) is 4.04. The molecule has 1 saturated heterocycles. The molecule has 1 fully saturated rings. The van der Waals surface area contributed by atoms with Gasteiger partial charge in [0.2, 0.25) is 0 Å². The van der Waals surface area contributed by atoms with Crippen molar-refractivity contribution < 1.29 is 5.11 Å². The second-order valence-corrected chi connectivity index (χ2v) is 5.50. The fourth-order valence-corrected chi connectivity index (χ4v) is 2.90. The average molecular weight is 262 g/mol. The van der Waals surface area contributed by atoms with Crippen molar-refractivity contribution in [2.75, 3.05) is 38.2 Å². The first-order valence-electron chi connectivity index (χ1n) is 7.39. The lowest BCUT2D eigenvalue weighted by Crippen LogP contribution is -2.41. The molecule has 0 spiro atoms. The first kappa shape index (κ1) is 14.4. The van der Waals surface area contributed by atoms with Gasteiger partial charge in [-0.1, -0.05) is 19.1 Å². The summed E-state index contributed by atoms with van der Waals surface area (Å²) in [4.78, 5) is 4.85. The molecule has 0 aromatic heterocycles. The maximum atomic E-state index is 9.30. The summed E-state index contributed by atoms with van der Waals surface area (Å²) < 4.78 is 0. The summed E-state index contributed by atoms with van der Waals surface area (Å²) in [6.45, 7) is 5.72. The van der Waals surface area contributed by atoms with Crippen LogP contribution in [0.4, 0.5) is 5.69 Å². The van der Waals surface area contributed by atoms with E-state index in [1.807, 2.05) is 0 Å². The summed E-state index contributed by atoms with van der Waals surface area (Å²) >= 11 is 0. The third kappa shape index (κ3) is 3.71. The number of rotatable bonds is 4. The van der Waals surface area contributed by atoms with Gasteiger partial charge in [0.25, 0.3) is 0 Å². The van der Waals surface area contributed by atoms with Crippen LogP contribution >= 0.6 is 0 Å². The summed E-state index contributed by atoms with van der Waals surface area (Å²) in [6, 6.07) is 9.33. The Kier molecular flexibility index (Phi) is 5.23. The zero-order valence-electron chi connectivity index (χ0n) is 12.2. The molecule has 1 aromatic carbocycles. The van der Waals surface area contributed by atoms with Gasteiger partial charge >= 0.3 is 0 Å². The van der Waals surface area contributed by atoms with Crippen molar-refractivity contribution >= 4 is 5.69 Å². The van der Waals surface area contributed by atoms with Gasteiger partial charge in [0, 0.05) is 31.4 Å². The van der Waals surface area contributed by atoms with Crippen LogP contribution in [0.15, 0.2) is 24.3 Å². The van der Waals surface area contributed by atoms with Crippen molar-refractivity contribution in [1.82, 2.24) is 4.90 Å². The van der Waals surface area contributed by atoms with Gasteiger partial charge in [-0.2, -0.15) is 0 Å². The number of benzene rings is 1. The van der Waals surface area contributed by atoms with E-state index in [9.17, 15) is 5.11 Å². The van der Waals surface area contributed by atoms with Gasteiger partial charge in [-0.05, 0) is 50.6 Å². The van der Waals surface area contributed by atoms with Crippen LogP contribution in [0.2, 0.25) is 0 Å². The molecule has 2 rings (SSSR count). The van der Waals surface area contributed by atoms with Crippen molar-refractivity contribution in [3.05, 3.63) is 29.8 Å². The zero-order valence-corrected chi connectivity index (χ0v) is 12.2. The van der Waals surface area contributed by atoms with E-state index in [1.165, 1.54) is 17.7 Å². The summed E-state index contributed by atoms with van der Waals surface area (Å²) in [6.07, 6.45) is 3.12. The predicted molar refractivity (Wildman–Crippen MR) is 80.8 cm³/mol. The molecule has 1 aliphatic rings. The fraction of sp³-hybridized carbons (Fsp3) is 0.625. The van der Waals surface area contributed by atoms with Crippen molar-refractivity contribution in [2.24, 2.45) is 0 Å². The van der Waals surface area contributed by atoms with Crippen LogP contribution in [-0.2, 0) is 6.42 Å². The van der Waals surface area contributed by atoms with Gasteiger partial charge in [0.05, 0.1) is 0 Å². The molecular formula is C16H26N2O. The smallest absolute Gasteiger partial charge is 0.0451 e. The molecule has 19 heavy (non-hydrogen) atoms. The van der Waals surface area contributed by atoms with Gasteiger partial charge in [0.1, 0.15) is 0 Å². The molecule has 3 nitrogen and oxygen atoms in total. The van der Waals surface area contributed by atoms with Crippen LogP contribution < -0.4 is 4.90 Å². The van der Waals surface area contributed by atoms with E-state index in [0.717, 1.165) is 32.5 Å².